The van der Waals surface area contributed by atoms with Gasteiger partial charge in [0, 0.05) is 6.42 Å². The molecule has 0 fully saturated rings. The lowest BCUT2D eigenvalue weighted by molar-refractivity contribution is -0.869. The Labute approximate surface area is 103 Å². The Bertz CT molecular complexity index is 156. The number of carbonyl (C=O) groups is 1. The molecule has 0 saturated heterocycles. The van der Waals surface area contributed by atoms with Crippen LogP contribution in [0.4, 0.5) is 0 Å². The molecular weight excluding hydrogens is 297 g/mol. The van der Waals surface area contributed by atoms with Gasteiger partial charge >= 0.3 is 0 Å². The first-order valence-corrected chi connectivity index (χ1v) is 5.23. The van der Waals surface area contributed by atoms with Gasteiger partial charge in [-0.1, -0.05) is 18.7 Å². The Morgan fingerprint density at radius 1 is 1.38 bits per heavy atom. The number of rotatable bonds is 4. The quantitative estimate of drug-likeness (QED) is 0.476. The summed E-state index contributed by atoms with van der Waals surface area (Å²) >= 11 is 1.47. The summed E-state index contributed by atoms with van der Waals surface area (Å²) in [7, 11) is 6.44. The van der Waals surface area contributed by atoms with Crippen molar-refractivity contribution in [2.75, 3.05) is 27.7 Å². The largest absolute Gasteiger partial charge is 1.00 e. The van der Waals surface area contributed by atoms with Crippen molar-refractivity contribution in [2.45, 2.75) is 25.5 Å². The van der Waals surface area contributed by atoms with Crippen molar-refractivity contribution < 1.29 is 33.3 Å². The summed E-state index contributed by atoms with van der Waals surface area (Å²) in [6.45, 7) is 5.06. The second-order valence-electron chi connectivity index (χ2n) is 4.13. The zero-order chi connectivity index (χ0) is 9.78. The number of carbonyl (C=O) groups excluding carboxylic acids is 1. The van der Waals surface area contributed by atoms with E-state index in [0.29, 0.717) is 16.8 Å². The highest BCUT2D eigenvalue weighted by Crippen LogP contribution is 2.15. The number of hydrogen-bond acceptors (Lipinski definition) is 2. The number of halogens is 1. The Balaban J connectivity index is 0. The second kappa shape index (κ2) is 7.06. The summed E-state index contributed by atoms with van der Waals surface area (Å²) in [5, 5.41) is 0.730. The highest BCUT2D eigenvalue weighted by molar-refractivity contribution is 8.14. The van der Waals surface area contributed by atoms with E-state index >= 15 is 0 Å². The van der Waals surface area contributed by atoms with E-state index < -0.39 is 0 Å². The smallest absolute Gasteiger partial charge is 0.189 e. The lowest BCUT2D eigenvalue weighted by Crippen LogP contribution is -3.00. The summed E-state index contributed by atoms with van der Waals surface area (Å²) in [5.74, 6) is 0. The lowest BCUT2D eigenvalue weighted by Gasteiger charge is -2.26. The monoisotopic (exact) mass is 317 g/mol. The van der Waals surface area contributed by atoms with Crippen LogP contribution in [0, 0.1) is 0 Å². The summed E-state index contributed by atoms with van der Waals surface area (Å²) < 4.78 is 0.922. The van der Waals surface area contributed by atoms with Gasteiger partial charge in [-0.05, 0) is 6.92 Å². The van der Waals surface area contributed by atoms with Gasteiger partial charge in [0.05, 0.1) is 32.9 Å². The maximum Gasteiger partial charge on any atom is 0.189 e. The second-order valence-corrected chi connectivity index (χ2v) is 5.62. The van der Waals surface area contributed by atoms with E-state index in [4.69, 9.17) is 0 Å². The average Bonchev–Trinajstić information content (AvgIpc) is 1.82. The molecule has 4 heteroatoms. The zero-order valence-corrected chi connectivity index (χ0v) is 12.1. The van der Waals surface area contributed by atoms with Crippen molar-refractivity contribution in [2.24, 2.45) is 0 Å². The van der Waals surface area contributed by atoms with Crippen LogP contribution in [-0.2, 0) is 4.79 Å². The molecule has 0 heterocycles. The molecular formula is C9H20INOS. The molecule has 0 bridgehead atoms. The van der Waals surface area contributed by atoms with Gasteiger partial charge in [0.15, 0.2) is 5.12 Å². The van der Waals surface area contributed by atoms with Gasteiger partial charge in [-0.3, -0.25) is 4.79 Å². The van der Waals surface area contributed by atoms with Crippen LogP contribution in [0.3, 0.4) is 0 Å². The third kappa shape index (κ3) is 10.6. The van der Waals surface area contributed by atoms with Gasteiger partial charge in [0.25, 0.3) is 0 Å². The Morgan fingerprint density at radius 3 is 2.15 bits per heavy atom. The predicted molar refractivity (Wildman–Crippen MR) is 55.3 cm³/mol. The van der Waals surface area contributed by atoms with Crippen molar-refractivity contribution >= 4 is 16.9 Å². The summed E-state index contributed by atoms with van der Waals surface area (Å²) in [5.41, 5.74) is 0. The van der Waals surface area contributed by atoms with E-state index in [2.05, 4.69) is 28.1 Å². The maximum atomic E-state index is 11.1. The van der Waals surface area contributed by atoms with Crippen molar-refractivity contribution in [3.63, 3.8) is 0 Å². The first-order valence-electron chi connectivity index (χ1n) is 4.35. The van der Waals surface area contributed by atoms with Gasteiger partial charge in [0.2, 0.25) is 0 Å². The number of nitrogens with zero attached hydrogens (tertiary/aromatic N) is 1. The summed E-state index contributed by atoms with van der Waals surface area (Å²) in [6.07, 6.45) is 0.645. The minimum absolute atomic E-state index is 0. The summed E-state index contributed by atoms with van der Waals surface area (Å²) in [4.78, 5) is 11.1. The molecule has 80 valence electrons. The molecule has 0 radical (unpaired) electrons. The Morgan fingerprint density at radius 2 is 1.85 bits per heavy atom. The third-order valence-corrected chi connectivity index (χ3v) is 2.53. The molecule has 0 aliphatic heterocycles. The van der Waals surface area contributed by atoms with Gasteiger partial charge in [-0.15, -0.1) is 0 Å². The van der Waals surface area contributed by atoms with Crippen LogP contribution in [0.1, 0.15) is 20.3 Å². The van der Waals surface area contributed by atoms with E-state index in [1.807, 2.05) is 6.92 Å². The highest BCUT2D eigenvalue weighted by Gasteiger charge is 2.16. The molecule has 2 nitrogen and oxygen atoms in total. The molecule has 0 amide bonds. The molecule has 0 aliphatic carbocycles. The average molecular weight is 317 g/mol. The third-order valence-electron chi connectivity index (χ3n) is 1.43. The van der Waals surface area contributed by atoms with Gasteiger partial charge < -0.3 is 28.5 Å². The first-order chi connectivity index (χ1) is 5.35. The molecule has 0 spiro atoms. The number of thioether (sulfide) groups is 1. The van der Waals surface area contributed by atoms with E-state index in [0.717, 1.165) is 11.0 Å². The normalized spacial score (nSPS) is 13.3. The lowest BCUT2D eigenvalue weighted by atomic mass is 10.4. The molecule has 1 atom stereocenters. The molecule has 0 saturated carbocycles. The molecule has 1 unspecified atom stereocenters. The molecule has 0 aromatic rings. The molecule has 0 aromatic carbocycles. The maximum absolute atomic E-state index is 11.1. The molecule has 0 aromatic heterocycles. The van der Waals surface area contributed by atoms with Crippen LogP contribution in [0.5, 0.6) is 0 Å². The Kier molecular flexibility index (Phi) is 8.77. The van der Waals surface area contributed by atoms with Crippen LogP contribution in [0.2, 0.25) is 0 Å². The van der Waals surface area contributed by atoms with Gasteiger partial charge in [-0.2, -0.15) is 0 Å². The fourth-order valence-corrected chi connectivity index (χ4v) is 2.25. The molecule has 0 aliphatic rings. The number of hydrogen-bond donors (Lipinski definition) is 0. The molecule has 0 rings (SSSR count). The Hall–Kier alpha value is 0.710. The standard InChI is InChI=1S/C9H20NOS.HI/c1-6-9(11)12-8(2)7-10(3,4)5;/h8H,6-7H2,1-5H3;1H/q+1;/p-1. The minimum atomic E-state index is 0. The highest BCUT2D eigenvalue weighted by atomic mass is 127. The van der Waals surface area contributed by atoms with Crippen LogP contribution in [-0.4, -0.2) is 42.5 Å². The topological polar surface area (TPSA) is 17.1 Å². The van der Waals surface area contributed by atoms with Crippen molar-refractivity contribution in [3.05, 3.63) is 0 Å². The number of quaternary nitrogens is 1. The fraction of sp³-hybridized carbons (Fsp3) is 0.889. The van der Waals surface area contributed by atoms with Crippen LogP contribution < -0.4 is 24.0 Å². The van der Waals surface area contributed by atoms with Crippen molar-refractivity contribution in [3.8, 4) is 0 Å². The predicted octanol–water partition coefficient (Wildman–Crippen LogP) is -1.25. The van der Waals surface area contributed by atoms with Gasteiger partial charge in [0.1, 0.15) is 0 Å². The van der Waals surface area contributed by atoms with Crippen LogP contribution in [0.25, 0.3) is 0 Å². The van der Waals surface area contributed by atoms with E-state index in [-0.39, 0.29) is 24.0 Å². The van der Waals surface area contributed by atoms with Crippen molar-refractivity contribution in [1.82, 2.24) is 0 Å². The van der Waals surface area contributed by atoms with E-state index in [1.54, 1.807) is 0 Å². The zero-order valence-electron chi connectivity index (χ0n) is 9.13. The SMILES string of the molecule is CCC(=O)SC(C)C[N+](C)(C)C.[I-]. The van der Waals surface area contributed by atoms with Crippen LogP contribution >= 0.6 is 11.8 Å². The fourth-order valence-electron chi connectivity index (χ4n) is 1.12. The first kappa shape index (κ1) is 16.2. The van der Waals surface area contributed by atoms with Crippen LogP contribution in [0.15, 0.2) is 0 Å². The minimum Gasteiger partial charge on any atom is -1.00 e. The van der Waals surface area contributed by atoms with E-state index in [9.17, 15) is 4.79 Å². The van der Waals surface area contributed by atoms with Gasteiger partial charge in [-0.25, -0.2) is 0 Å². The molecule has 13 heavy (non-hydrogen) atoms. The van der Waals surface area contributed by atoms with E-state index in [1.165, 1.54) is 11.8 Å². The summed E-state index contributed by atoms with van der Waals surface area (Å²) in [6, 6.07) is 0. The van der Waals surface area contributed by atoms with Crippen molar-refractivity contribution in [1.29, 1.82) is 0 Å². The molecule has 0 N–H and O–H groups in total.